The molecule has 4 aromatic rings. The van der Waals surface area contributed by atoms with Crippen molar-refractivity contribution >= 4 is 23.1 Å². The monoisotopic (exact) mass is 425 g/mol. The number of nitrogens with one attached hydrogen (secondary N) is 1. The van der Waals surface area contributed by atoms with E-state index >= 15 is 0 Å². The summed E-state index contributed by atoms with van der Waals surface area (Å²) >= 11 is 0. The van der Waals surface area contributed by atoms with Gasteiger partial charge < -0.3 is 13.9 Å². The number of nitriles is 1. The van der Waals surface area contributed by atoms with Crippen LogP contribution in [0.25, 0.3) is 11.0 Å². The number of amides is 1. The largest absolute Gasteiger partial charge is 0.493 e. The van der Waals surface area contributed by atoms with Crippen LogP contribution in [0.15, 0.2) is 82.3 Å². The molecule has 0 radical (unpaired) electrons. The first-order chi connectivity index (χ1) is 15.7. The quantitative estimate of drug-likeness (QED) is 0.343. The summed E-state index contributed by atoms with van der Waals surface area (Å²) in [6, 6.07) is 23.7. The summed E-state index contributed by atoms with van der Waals surface area (Å²) in [6.45, 7) is 0.238. The van der Waals surface area contributed by atoms with Gasteiger partial charge in [-0.2, -0.15) is 10.4 Å². The van der Waals surface area contributed by atoms with E-state index in [9.17, 15) is 10.1 Å². The van der Waals surface area contributed by atoms with Crippen LogP contribution < -0.4 is 14.9 Å². The molecule has 0 unspecified atom stereocenters. The van der Waals surface area contributed by atoms with Crippen LogP contribution in [0.2, 0.25) is 0 Å². The second-order valence-corrected chi connectivity index (χ2v) is 6.78. The van der Waals surface area contributed by atoms with Crippen molar-refractivity contribution in [3.05, 3.63) is 95.2 Å². The first-order valence-corrected chi connectivity index (χ1v) is 9.79. The van der Waals surface area contributed by atoms with Crippen molar-refractivity contribution in [3.63, 3.8) is 0 Å². The predicted octanol–water partition coefficient (Wildman–Crippen LogP) is 4.66. The van der Waals surface area contributed by atoms with Crippen LogP contribution in [-0.2, 0) is 6.61 Å². The Balaban J connectivity index is 1.45. The Kier molecular flexibility index (Phi) is 6.14. The van der Waals surface area contributed by atoms with E-state index < -0.39 is 5.91 Å². The highest BCUT2D eigenvalue weighted by atomic mass is 16.5. The summed E-state index contributed by atoms with van der Waals surface area (Å²) in [5, 5.41) is 14.0. The van der Waals surface area contributed by atoms with Crippen molar-refractivity contribution in [3.8, 4) is 17.6 Å². The maximum Gasteiger partial charge on any atom is 0.307 e. The molecule has 7 heteroatoms. The fraction of sp³-hybridized carbons (Fsp3) is 0.0800. The van der Waals surface area contributed by atoms with Gasteiger partial charge in [0.2, 0.25) is 0 Å². The van der Waals surface area contributed by atoms with Crippen LogP contribution in [-0.4, -0.2) is 19.2 Å². The Morgan fingerprint density at radius 1 is 1.09 bits per heavy atom. The molecule has 4 rings (SSSR count). The number of hydrazone groups is 1. The van der Waals surface area contributed by atoms with Crippen molar-refractivity contribution in [2.75, 3.05) is 7.11 Å². The summed E-state index contributed by atoms with van der Waals surface area (Å²) in [4.78, 5) is 12.4. The molecule has 0 atom stereocenters. The zero-order valence-corrected chi connectivity index (χ0v) is 17.2. The molecule has 0 aliphatic rings. The maximum absolute atomic E-state index is 12.4. The van der Waals surface area contributed by atoms with E-state index in [1.807, 2.05) is 48.5 Å². The molecular weight excluding hydrogens is 406 g/mol. The summed E-state index contributed by atoms with van der Waals surface area (Å²) in [6.07, 6.45) is 1.49. The Bertz CT molecular complexity index is 1330. The molecule has 3 aromatic carbocycles. The summed E-state index contributed by atoms with van der Waals surface area (Å²) in [5.41, 5.74) is 4.99. The molecule has 1 N–H and O–H groups in total. The lowest BCUT2D eigenvalue weighted by molar-refractivity contribution is 0.0929. The molecule has 0 saturated carbocycles. The van der Waals surface area contributed by atoms with Gasteiger partial charge in [-0.25, -0.2) is 5.43 Å². The van der Waals surface area contributed by atoms with E-state index in [0.29, 0.717) is 28.2 Å². The second-order valence-electron chi connectivity index (χ2n) is 6.78. The van der Waals surface area contributed by atoms with Gasteiger partial charge in [-0.1, -0.05) is 42.5 Å². The van der Waals surface area contributed by atoms with Crippen molar-refractivity contribution in [2.24, 2.45) is 5.10 Å². The van der Waals surface area contributed by atoms with Gasteiger partial charge in [0.05, 0.1) is 25.0 Å². The number of hydrogen-bond donors (Lipinski definition) is 1. The Morgan fingerprint density at radius 2 is 1.88 bits per heavy atom. The molecule has 1 heterocycles. The minimum Gasteiger partial charge on any atom is -0.493 e. The van der Waals surface area contributed by atoms with Crippen LogP contribution in [0, 0.1) is 11.3 Å². The first kappa shape index (κ1) is 20.7. The molecule has 0 aliphatic heterocycles. The molecule has 0 spiro atoms. The normalized spacial score (nSPS) is 10.8. The fourth-order valence-electron chi connectivity index (χ4n) is 3.15. The number of carbonyl (C=O) groups excluding carboxylic acids is 1. The number of para-hydroxylation sites is 2. The number of methoxy groups -OCH3 is 1. The highest BCUT2D eigenvalue weighted by Gasteiger charge is 2.14. The maximum atomic E-state index is 12.4. The fourth-order valence-corrected chi connectivity index (χ4v) is 3.15. The van der Waals surface area contributed by atoms with E-state index in [4.69, 9.17) is 13.9 Å². The van der Waals surface area contributed by atoms with Crippen molar-refractivity contribution in [1.82, 2.24) is 5.43 Å². The van der Waals surface area contributed by atoms with Crippen molar-refractivity contribution < 1.29 is 18.7 Å². The standard InChI is InChI=1S/C25H19N3O4/c1-30-22-12-6-10-17-13-23(32-24(17)22)25(29)28-27-15-19-8-4-5-11-21(19)31-16-20-9-3-2-7-18(20)14-26/h2-13,15H,16H2,1H3,(H,28,29)/b27-15+. The van der Waals surface area contributed by atoms with Crippen LogP contribution in [0.4, 0.5) is 0 Å². The predicted molar refractivity (Wildman–Crippen MR) is 120 cm³/mol. The number of furan rings is 1. The number of rotatable bonds is 7. The third-order valence-electron chi connectivity index (χ3n) is 4.76. The van der Waals surface area contributed by atoms with Crippen LogP contribution >= 0.6 is 0 Å². The van der Waals surface area contributed by atoms with Gasteiger partial charge in [-0.3, -0.25) is 4.79 Å². The van der Waals surface area contributed by atoms with Crippen LogP contribution in [0.1, 0.15) is 27.2 Å². The minimum absolute atomic E-state index is 0.124. The Labute approximate surface area is 184 Å². The first-order valence-electron chi connectivity index (χ1n) is 9.79. The lowest BCUT2D eigenvalue weighted by Gasteiger charge is -2.10. The van der Waals surface area contributed by atoms with Crippen LogP contribution in [0.5, 0.6) is 11.5 Å². The Morgan fingerprint density at radius 3 is 2.72 bits per heavy atom. The van der Waals surface area contributed by atoms with Gasteiger partial charge in [0.25, 0.3) is 0 Å². The molecule has 0 saturated heterocycles. The van der Waals surface area contributed by atoms with Crippen LogP contribution in [0.3, 0.4) is 0 Å². The number of ether oxygens (including phenoxy) is 2. The number of nitrogens with zero attached hydrogens (tertiary/aromatic N) is 2. The van der Waals surface area contributed by atoms with Gasteiger partial charge in [-0.05, 0) is 30.3 Å². The molecule has 7 nitrogen and oxygen atoms in total. The minimum atomic E-state index is -0.485. The molecule has 0 aliphatic carbocycles. The molecule has 1 aromatic heterocycles. The second kappa shape index (κ2) is 9.49. The third kappa shape index (κ3) is 4.45. The van der Waals surface area contributed by atoms with E-state index in [0.717, 1.165) is 10.9 Å². The smallest absolute Gasteiger partial charge is 0.307 e. The summed E-state index contributed by atoms with van der Waals surface area (Å²) in [7, 11) is 1.54. The molecule has 0 bridgehead atoms. The number of carbonyl (C=O) groups is 1. The molecule has 1 amide bonds. The van der Waals surface area contributed by atoms with Gasteiger partial charge in [0.15, 0.2) is 17.1 Å². The average molecular weight is 425 g/mol. The van der Waals surface area contributed by atoms with E-state index in [1.165, 1.54) is 6.21 Å². The van der Waals surface area contributed by atoms with E-state index in [2.05, 4.69) is 16.6 Å². The van der Waals surface area contributed by atoms with Crippen molar-refractivity contribution in [1.29, 1.82) is 5.26 Å². The Hall–Kier alpha value is -4.57. The SMILES string of the molecule is COc1cccc2cc(C(=O)N/N=C/c3ccccc3OCc3ccccc3C#N)oc12. The van der Waals surface area contributed by atoms with Crippen molar-refractivity contribution in [2.45, 2.75) is 6.61 Å². The lowest BCUT2D eigenvalue weighted by atomic mass is 10.1. The highest BCUT2D eigenvalue weighted by molar-refractivity contribution is 5.97. The van der Waals surface area contributed by atoms with E-state index in [1.54, 1.807) is 31.4 Å². The summed E-state index contributed by atoms with van der Waals surface area (Å²) in [5.74, 6) is 0.765. The number of fused-ring (bicyclic) bond motifs is 1. The number of benzene rings is 3. The number of hydrogen-bond acceptors (Lipinski definition) is 6. The average Bonchev–Trinajstić information content (AvgIpc) is 3.28. The topological polar surface area (TPSA) is 96.9 Å². The van der Waals surface area contributed by atoms with E-state index in [-0.39, 0.29) is 12.4 Å². The highest BCUT2D eigenvalue weighted by Crippen LogP contribution is 2.28. The molecule has 32 heavy (non-hydrogen) atoms. The third-order valence-corrected chi connectivity index (χ3v) is 4.76. The molecule has 0 fully saturated rings. The van der Waals surface area contributed by atoms with Gasteiger partial charge >= 0.3 is 5.91 Å². The zero-order valence-electron chi connectivity index (χ0n) is 17.2. The van der Waals surface area contributed by atoms with Gasteiger partial charge in [-0.15, -0.1) is 0 Å². The zero-order chi connectivity index (χ0) is 22.3. The van der Waals surface area contributed by atoms with Gasteiger partial charge in [0, 0.05) is 16.5 Å². The molecular formula is C25H19N3O4. The van der Waals surface area contributed by atoms with Gasteiger partial charge in [0.1, 0.15) is 12.4 Å². The lowest BCUT2D eigenvalue weighted by Crippen LogP contribution is -2.16. The summed E-state index contributed by atoms with van der Waals surface area (Å²) < 4.78 is 16.8. The molecule has 158 valence electrons.